The minimum Gasteiger partial charge on any atom is -0.477 e. The maximum absolute atomic E-state index is 11.5. The second-order valence-electron chi connectivity index (χ2n) is 3.96. The van der Waals surface area contributed by atoms with E-state index < -0.39 is 17.2 Å². The molecule has 0 fully saturated rings. The van der Waals surface area contributed by atoms with Gasteiger partial charge in [-0.2, -0.15) is 0 Å². The van der Waals surface area contributed by atoms with Gasteiger partial charge in [-0.15, -0.1) is 0 Å². The van der Waals surface area contributed by atoms with Crippen molar-refractivity contribution in [3.05, 3.63) is 39.2 Å². The summed E-state index contributed by atoms with van der Waals surface area (Å²) < 4.78 is 4.98. The number of hydrogen-bond donors (Lipinski definition) is 1. The first-order valence-electron chi connectivity index (χ1n) is 5.09. The van der Waals surface area contributed by atoms with Gasteiger partial charge in [-0.1, -0.05) is 11.6 Å². The molecule has 0 aliphatic heterocycles. The van der Waals surface area contributed by atoms with Crippen molar-refractivity contribution < 1.29 is 14.3 Å². The Morgan fingerprint density at radius 1 is 1.39 bits per heavy atom. The van der Waals surface area contributed by atoms with E-state index in [1.54, 1.807) is 18.2 Å². The first kappa shape index (κ1) is 12.4. The number of hydrogen-bond acceptors (Lipinski definition) is 4. The van der Waals surface area contributed by atoms with Gasteiger partial charge in [-0.3, -0.25) is 0 Å². The van der Waals surface area contributed by atoms with E-state index in [9.17, 15) is 9.59 Å². The molecule has 1 aromatic carbocycles. The van der Waals surface area contributed by atoms with Gasteiger partial charge >= 0.3 is 11.6 Å². The summed E-state index contributed by atoms with van der Waals surface area (Å²) >= 11 is 5.92. The Hall–Kier alpha value is -2.01. The van der Waals surface area contributed by atoms with E-state index in [0.29, 0.717) is 5.39 Å². The second-order valence-corrected chi connectivity index (χ2v) is 4.34. The van der Waals surface area contributed by atoms with E-state index in [2.05, 4.69) is 0 Å². The van der Waals surface area contributed by atoms with Crippen molar-refractivity contribution in [3.63, 3.8) is 0 Å². The van der Waals surface area contributed by atoms with Crippen LogP contribution in [0.25, 0.3) is 11.0 Å². The highest BCUT2D eigenvalue weighted by atomic mass is 35.5. The molecule has 0 spiro atoms. The first-order chi connectivity index (χ1) is 8.41. The van der Waals surface area contributed by atoms with Crippen molar-refractivity contribution >= 4 is 34.2 Å². The summed E-state index contributed by atoms with van der Waals surface area (Å²) in [5.41, 5.74) is -0.399. The van der Waals surface area contributed by atoms with Gasteiger partial charge in [0.25, 0.3) is 0 Å². The monoisotopic (exact) mass is 267 g/mol. The highest BCUT2D eigenvalue weighted by Gasteiger charge is 2.19. The highest BCUT2D eigenvalue weighted by molar-refractivity contribution is 6.38. The lowest BCUT2D eigenvalue weighted by Gasteiger charge is -2.12. The van der Waals surface area contributed by atoms with E-state index in [0.717, 1.165) is 5.69 Å². The molecule has 0 bridgehead atoms. The predicted octanol–water partition coefficient (Wildman–Crippen LogP) is 2.21. The minimum absolute atomic E-state index is 0.0981. The number of benzene rings is 1. The number of carbonyl (C=O) groups is 1. The van der Waals surface area contributed by atoms with Crippen LogP contribution >= 0.6 is 11.6 Å². The normalized spacial score (nSPS) is 10.6. The average Bonchev–Trinajstić information content (AvgIpc) is 2.27. The number of aromatic carboxylic acids is 1. The fourth-order valence-electron chi connectivity index (χ4n) is 1.61. The zero-order chi connectivity index (χ0) is 13.4. The van der Waals surface area contributed by atoms with Crippen LogP contribution in [0.5, 0.6) is 0 Å². The predicted molar refractivity (Wildman–Crippen MR) is 68.8 cm³/mol. The zero-order valence-electron chi connectivity index (χ0n) is 9.73. The summed E-state index contributed by atoms with van der Waals surface area (Å²) in [6.07, 6.45) is 0. The number of fused-ring (bicyclic) bond motifs is 1. The molecule has 5 nitrogen and oxygen atoms in total. The zero-order valence-corrected chi connectivity index (χ0v) is 10.5. The summed E-state index contributed by atoms with van der Waals surface area (Å²) in [5.74, 6) is -1.40. The molecule has 2 aromatic rings. The van der Waals surface area contributed by atoms with Crippen molar-refractivity contribution in [2.45, 2.75) is 0 Å². The van der Waals surface area contributed by atoms with Crippen molar-refractivity contribution in [2.24, 2.45) is 0 Å². The number of carboxylic acids is 1. The maximum atomic E-state index is 11.5. The van der Waals surface area contributed by atoms with Gasteiger partial charge in [0, 0.05) is 31.2 Å². The third kappa shape index (κ3) is 1.93. The second kappa shape index (κ2) is 4.34. The molecule has 0 saturated carbocycles. The quantitative estimate of drug-likeness (QED) is 0.845. The molecule has 0 radical (unpaired) electrons. The molecule has 1 heterocycles. The van der Waals surface area contributed by atoms with Gasteiger partial charge in [0.05, 0.1) is 5.02 Å². The Labute approximate surface area is 107 Å². The number of halogens is 1. The van der Waals surface area contributed by atoms with Crippen molar-refractivity contribution in [1.82, 2.24) is 0 Å². The lowest BCUT2D eigenvalue weighted by molar-refractivity contribution is 0.0693. The van der Waals surface area contributed by atoms with Gasteiger partial charge in [-0.05, 0) is 12.1 Å². The van der Waals surface area contributed by atoms with E-state index >= 15 is 0 Å². The molecule has 6 heteroatoms. The molecule has 94 valence electrons. The Balaban J connectivity index is 2.82. The SMILES string of the molecule is CN(C)c1ccc2c(Cl)c(C(=O)O)c(=O)oc2c1. The fraction of sp³-hybridized carbons (Fsp3) is 0.167. The molecule has 2 rings (SSSR count). The van der Waals surface area contributed by atoms with Crippen LogP contribution in [0.2, 0.25) is 5.02 Å². The van der Waals surface area contributed by atoms with Crippen LogP contribution in [-0.2, 0) is 0 Å². The number of rotatable bonds is 2. The molecule has 1 N–H and O–H groups in total. The fourth-order valence-corrected chi connectivity index (χ4v) is 1.93. The molecule has 18 heavy (non-hydrogen) atoms. The number of carboxylic acid groups (broad SMARTS) is 1. The van der Waals surface area contributed by atoms with Crippen molar-refractivity contribution in [1.29, 1.82) is 0 Å². The Kier molecular flexibility index (Phi) is 3.00. The molecule has 0 aliphatic rings. The van der Waals surface area contributed by atoms with Crippen LogP contribution in [0.3, 0.4) is 0 Å². The van der Waals surface area contributed by atoms with Gasteiger partial charge in [0.1, 0.15) is 5.58 Å². The minimum atomic E-state index is -1.40. The lowest BCUT2D eigenvalue weighted by Crippen LogP contribution is -2.14. The van der Waals surface area contributed by atoms with Gasteiger partial charge in [0.15, 0.2) is 5.56 Å². The molecule has 0 saturated heterocycles. The summed E-state index contributed by atoms with van der Waals surface area (Å²) in [6.45, 7) is 0. The summed E-state index contributed by atoms with van der Waals surface area (Å²) in [7, 11) is 3.68. The third-order valence-corrected chi connectivity index (χ3v) is 2.95. The Morgan fingerprint density at radius 2 is 2.06 bits per heavy atom. The topological polar surface area (TPSA) is 70.8 Å². The Bertz CT molecular complexity index is 690. The Morgan fingerprint density at radius 3 is 2.61 bits per heavy atom. The first-order valence-corrected chi connectivity index (χ1v) is 5.46. The van der Waals surface area contributed by atoms with Crippen molar-refractivity contribution in [2.75, 3.05) is 19.0 Å². The van der Waals surface area contributed by atoms with Crippen molar-refractivity contribution in [3.8, 4) is 0 Å². The molecule has 0 aliphatic carbocycles. The van der Waals surface area contributed by atoms with Crippen LogP contribution in [-0.4, -0.2) is 25.2 Å². The van der Waals surface area contributed by atoms with E-state index in [4.69, 9.17) is 21.1 Å². The van der Waals surface area contributed by atoms with Crippen LogP contribution in [0.15, 0.2) is 27.4 Å². The molecular weight excluding hydrogens is 258 g/mol. The molecule has 0 atom stereocenters. The molecule has 0 amide bonds. The van der Waals surface area contributed by atoms with E-state index in [-0.39, 0.29) is 10.6 Å². The van der Waals surface area contributed by atoms with Gasteiger partial charge < -0.3 is 14.4 Å². The summed E-state index contributed by atoms with van der Waals surface area (Å²) in [5, 5.41) is 9.20. The molecular formula is C12H10ClNO4. The lowest BCUT2D eigenvalue weighted by atomic mass is 10.1. The molecule has 0 unspecified atom stereocenters. The summed E-state index contributed by atoms with van der Waals surface area (Å²) in [6, 6.07) is 5.02. The third-order valence-electron chi connectivity index (χ3n) is 2.56. The summed E-state index contributed by atoms with van der Waals surface area (Å²) in [4.78, 5) is 24.3. The largest absolute Gasteiger partial charge is 0.477 e. The van der Waals surface area contributed by atoms with Gasteiger partial charge in [-0.25, -0.2) is 9.59 Å². The van der Waals surface area contributed by atoms with Crippen LogP contribution in [0.4, 0.5) is 5.69 Å². The average molecular weight is 268 g/mol. The van der Waals surface area contributed by atoms with E-state index in [1.807, 2.05) is 19.0 Å². The van der Waals surface area contributed by atoms with E-state index in [1.165, 1.54) is 0 Å². The molecule has 1 aromatic heterocycles. The highest BCUT2D eigenvalue weighted by Crippen LogP contribution is 2.27. The van der Waals surface area contributed by atoms with Crippen LogP contribution < -0.4 is 10.5 Å². The maximum Gasteiger partial charge on any atom is 0.352 e. The van der Waals surface area contributed by atoms with Crippen LogP contribution in [0.1, 0.15) is 10.4 Å². The standard InChI is InChI=1S/C12H10ClNO4/c1-14(2)6-3-4-7-8(5-6)18-12(17)9(10(7)13)11(15)16/h3-5H,1-2H3,(H,15,16). The number of nitrogens with zero attached hydrogens (tertiary/aromatic N) is 1. The van der Waals surface area contributed by atoms with Gasteiger partial charge in [0.2, 0.25) is 0 Å². The van der Waals surface area contributed by atoms with Crippen LogP contribution in [0, 0.1) is 0 Å². The number of anilines is 1. The smallest absolute Gasteiger partial charge is 0.352 e.